The first-order valence-corrected chi connectivity index (χ1v) is 18.2. The lowest BCUT2D eigenvalue weighted by Gasteiger charge is -2.11. The Balaban J connectivity index is 1.16. The Hall–Kier alpha value is -7.37. The molecule has 0 bridgehead atoms. The first kappa shape index (κ1) is 30.3. The zero-order valence-electron chi connectivity index (χ0n) is 29.1. The molecule has 5 heteroatoms. The van der Waals surface area contributed by atoms with Crippen molar-refractivity contribution < 1.29 is 0 Å². The van der Waals surface area contributed by atoms with Crippen molar-refractivity contribution in [2.75, 3.05) is 0 Å². The van der Waals surface area contributed by atoms with Crippen LogP contribution in [0.5, 0.6) is 0 Å². The molecule has 0 aliphatic rings. The lowest BCUT2D eigenvalue weighted by molar-refractivity contribution is 1.07. The maximum atomic E-state index is 5.24. The predicted octanol–water partition coefficient (Wildman–Crippen LogP) is 12.2. The molecular formula is C49H31N5. The summed E-state index contributed by atoms with van der Waals surface area (Å²) in [6, 6.07) is 66.1. The summed E-state index contributed by atoms with van der Waals surface area (Å²) in [6.45, 7) is 0. The van der Waals surface area contributed by atoms with Crippen LogP contribution in [0, 0.1) is 0 Å². The van der Waals surface area contributed by atoms with E-state index in [2.05, 4.69) is 179 Å². The van der Waals surface area contributed by atoms with Gasteiger partial charge in [-0.15, -0.1) is 0 Å². The third kappa shape index (κ3) is 4.76. The highest BCUT2D eigenvalue weighted by atomic mass is 15.0. The Morgan fingerprint density at radius 3 is 1.52 bits per heavy atom. The number of nitrogens with zero attached hydrogens (tertiary/aromatic N) is 5. The Bertz CT molecular complexity index is 3200. The van der Waals surface area contributed by atoms with Crippen molar-refractivity contribution in [1.29, 1.82) is 0 Å². The summed E-state index contributed by atoms with van der Waals surface area (Å²) in [5.74, 6) is 1.89. The molecule has 0 saturated carbocycles. The minimum atomic E-state index is 0.628. The summed E-state index contributed by atoms with van der Waals surface area (Å²) < 4.78 is 4.69. The largest absolute Gasteiger partial charge is 0.309 e. The van der Waals surface area contributed by atoms with Gasteiger partial charge in [0.2, 0.25) is 0 Å². The smallest absolute Gasteiger partial charge is 0.164 e. The molecule has 3 heterocycles. The van der Waals surface area contributed by atoms with Crippen LogP contribution in [-0.2, 0) is 0 Å². The van der Waals surface area contributed by atoms with Crippen molar-refractivity contribution in [2.24, 2.45) is 0 Å². The Morgan fingerprint density at radius 1 is 0.296 bits per heavy atom. The molecule has 0 N–H and O–H groups in total. The first-order valence-electron chi connectivity index (χ1n) is 18.2. The third-order valence-electron chi connectivity index (χ3n) is 10.5. The van der Waals surface area contributed by atoms with E-state index in [1.54, 1.807) is 0 Å². The molecule has 0 aliphatic heterocycles. The van der Waals surface area contributed by atoms with Crippen molar-refractivity contribution in [3.63, 3.8) is 0 Å². The molecule has 252 valence electrons. The molecule has 0 spiro atoms. The fourth-order valence-corrected chi connectivity index (χ4v) is 8.10. The lowest BCUT2D eigenvalue weighted by Crippen LogP contribution is -2.00. The van der Waals surface area contributed by atoms with E-state index in [-0.39, 0.29) is 0 Å². The molecule has 0 radical (unpaired) electrons. The molecule has 8 aromatic carbocycles. The molecule has 0 amide bonds. The fraction of sp³-hybridized carbons (Fsp3) is 0. The van der Waals surface area contributed by atoms with E-state index in [9.17, 15) is 0 Å². The van der Waals surface area contributed by atoms with Gasteiger partial charge in [0.1, 0.15) is 0 Å². The molecular weight excluding hydrogens is 659 g/mol. The van der Waals surface area contributed by atoms with Gasteiger partial charge in [0, 0.05) is 49.6 Å². The van der Waals surface area contributed by atoms with Crippen LogP contribution in [0.25, 0.3) is 99.9 Å². The zero-order chi connectivity index (χ0) is 35.6. The van der Waals surface area contributed by atoms with Crippen LogP contribution in [0.1, 0.15) is 0 Å². The van der Waals surface area contributed by atoms with E-state index in [4.69, 9.17) is 15.0 Å². The van der Waals surface area contributed by atoms with E-state index >= 15 is 0 Å². The van der Waals surface area contributed by atoms with Crippen molar-refractivity contribution in [2.45, 2.75) is 0 Å². The summed E-state index contributed by atoms with van der Waals surface area (Å²) >= 11 is 0. The van der Waals surface area contributed by atoms with E-state index < -0.39 is 0 Å². The van der Waals surface area contributed by atoms with E-state index in [0.29, 0.717) is 17.5 Å². The summed E-state index contributed by atoms with van der Waals surface area (Å²) in [7, 11) is 0. The standard InChI is InChI=1S/C49H31N5/c1-4-15-33(16-5-1)47-50-48(52-49(51-47)35-24-27-40-39-22-12-13-23-42(39)54(45(40)31-35)37-19-8-3-9-20-37)34-26-28-43-41(30-34)46-38-21-11-10-14-32(38)25-29-44(46)53(43)36-17-6-2-7-18-36/h1-31H. The number of aromatic nitrogens is 5. The fourth-order valence-electron chi connectivity index (χ4n) is 8.10. The average molecular weight is 690 g/mol. The van der Waals surface area contributed by atoms with E-state index in [0.717, 1.165) is 55.5 Å². The number of rotatable bonds is 5. The number of para-hydroxylation sites is 3. The van der Waals surface area contributed by atoms with Crippen LogP contribution in [0.4, 0.5) is 0 Å². The monoisotopic (exact) mass is 689 g/mol. The second kappa shape index (κ2) is 12.1. The molecule has 0 aliphatic carbocycles. The predicted molar refractivity (Wildman–Crippen MR) is 222 cm³/mol. The molecule has 54 heavy (non-hydrogen) atoms. The Labute approximate surface area is 311 Å². The molecule has 11 rings (SSSR count). The van der Waals surface area contributed by atoms with Crippen LogP contribution >= 0.6 is 0 Å². The Morgan fingerprint density at radius 2 is 0.796 bits per heavy atom. The summed E-state index contributed by atoms with van der Waals surface area (Å²) in [6.07, 6.45) is 0. The second-order valence-electron chi connectivity index (χ2n) is 13.7. The SMILES string of the molecule is c1ccc(-c2nc(-c3ccc4c(c3)c3c5ccccc5ccc3n4-c3ccccc3)nc(-c3ccc4c5ccccc5n(-c5ccccc5)c4c3)n2)cc1. The minimum absolute atomic E-state index is 0.628. The highest BCUT2D eigenvalue weighted by Gasteiger charge is 2.19. The first-order chi connectivity index (χ1) is 26.8. The highest BCUT2D eigenvalue weighted by Crippen LogP contribution is 2.39. The van der Waals surface area contributed by atoms with Gasteiger partial charge in [-0.1, -0.05) is 127 Å². The maximum absolute atomic E-state index is 5.24. The van der Waals surface area contributed by atoms with Gasteiger partial charge in [-0.2, -0.15) is 0 Å². The van der Waals surface area contributed by atoms with E-state index in [1.807, 2.05) is 18.2 Å². The normalized spacial score (nSPS) is 11.7. The zero-order valence-corrected chi connectivity index (χ0v) is 29.1. The summed E-state index contributed by atoms with van der Waals surface area (Å²) in [5, 5.41) is 7.18. The average Bonchev–Trinajstić information content (AvgIpc) is 3.77. The molecule has 0 saturated heterocycles. The van der Waals surface area contributed by atoms with Crippen LogP contribution in [-0.4, -0.2) is 24.1 Å². The van der Waals surface area contributed by atoms with Gasteiger partial charge in [-0.05, 0) is 71.4 Å². The van der Waals surface area contributed by atoms with Crippen molar-refractivity contribution in [3.8, 4) is 45.5 Å². The van der Waals surface area contributed by atoms with Crippen LogP contribution in [0.2, 0.25) is 0 Å². The van der Waals surface area contributed by atoms with Gasteiger partial charge >= 0.3 is 0 Å². The van der Waals surface area contributed by atoms with Crippen LogP contribution in [0.3, 0.4) is 0 Å². The van der Waals surface area contributed by atoms with Crippen molar-refractivity contribution in [1.82, 2.24) is 24.1 Å². The van der Waals surface area contributed by atoms with E-state index in [1.165, 1.54) is 26.9 Å². The number of hydrogen-bond donors (Lipinski definition) is 0. The molecule has 5 nitrogen and oxygen atoms in total. The van der Waals surface area contributed by atoms with Gasteiger partial charge in [-0.3, -0.25) is 0 Å². The lowest BCUT2D eigenvalue weighted by atomic mass is 10.0. The van der Waals surface area contributed by atoms with Gasteiger partial charge in [0.25, 0.3) is 0 Å². The van der Waals surface area contributed by atoms with Gasteiger partial charge in [0.15, 0.2) is 17.5 Å². The summed E-state index contributed by atoms with van der Waals surface area (Å²) in [5.41, 5.74) is 9.59. The second-order valence-corrected chi connectivity index (χ2v) is 13.7. The molecule has 0 fully saturated rings. The maximum Gasteiger partial charge on any atom is 0.164 e. The third-order valence-corrected chi connectivity index (χ3v) is 10.5. The minimum Gasteiger partial charge on any atom is -0.309 e. The molecule has 0 atom stereocenters. The topological polar surface area (TPSA) is 48.5 Å². The molecule has 11 aromatic rings. The Kier molecular flexibility index (Phi) is 6.79. The number of hydrogen-bond acceptors (Lipinski definition) is 3. The van der Waals surface area contributed by atoms with Gasteiger partial charge < -0.3 is 9.13 Å². The molecule has 0 unspecified atom stereocenters. The molecule has 3 aromatic heterocycles. The summed E-state index contributed by atoms with van der Waals surface area (Å²) in [4.78, 5) is 15.5. The quantitative estimate of drug-likeness (QED) is 0.181. The van der Waals surface area contributed by atoms with Gasteiger partial charge in [0.05, 0.1) is 22.1 Å². The number of fused-ring (bicyclic) bond motifs is 8. The highest BCUT2D eigenvalue weighted by molar-refractivity contribution is 6.22. The van der Waals surface area contributed by atoms with Crippen molar-refractivity contribution >= 4 is 54.4 Å². The van der Waals surface area contributed by atoms with Gasteiger partial charge in [-0.25, -0.2) is 15.0 Å². The van der Waals surface area contributed by atoms with Crippen LogP contribution in [0.15, 0.2) is 188 Å². The van der Waals surface area contributed by atoms with Crippen molar-refractivity contribution in [3.05, 3.63) is 188 Å². The van der Waals surface area contributed by atoms with Crippen LogP contribution < -0.4 is 0 Å². The number of benzene rings is 8.